The lowest BCUT2D eigenvalue weighted by atomic mass is 10.4. The van der Waals surface area contributed by atoms with Gasteiger partial charge in [0.15, 0.2) is 9.84 Å². The summed E-state index contributed by atoms with van der Waals surface area (Å²) in [6.07, 6.45) is 1.20. The Labute approximate surface area is 180 Å². The average molecular weight is 459 g/mol. The minimum Gasteiger partial charge on any atom is -0.220 e. The zero-order valence-corrected chi connectivity index (χ0v) is 18.9. The van der Waals surface area contributed by atoms with Crippen molar-refractivity contribution in [2.24, 2.45) is 0 Å². The second-order valence-electron chi connectivity index (χ2n) is 5.53. The molecule has 0 bridgehead atoms. The van der Waals surface area contributed by atoms with E-state index < -0.39 is 9.84 Å². The van der Waals surface area contributed by atoms with Gasteiger partial charge in [-0.1, -0.05) is 84.8 Å². The van der Waals surface area contributed by atoms with Gasteiger partial charge in [0.1, 0.15) is 0 Å². The quantitative estimate of drug-likeness (QED) is 0.377. The number of hydrogen-bond donors (Lipinski definition) is 0. The van der Waals surface area contributed by atoms with Crippen molar-refractivity contribution in [1.82, 2.24) is 0 Å². The first-order valence-corrected chi connectivity index (χ1v) is 12.4. The standard InChI is InChI=1S/C20H20Cl2O2S3/c1-3-15(25-19-11-7-5-9-17(19)21)13-27(23,24)14-16(4-2)26-20-12-8-6-10-18(20)22/h5-14H,3-4H2,1-2H3. The van der Waals surface area contributed by atoms with Crippen LogP contribution in [0, 0.1) is 0 Å². The van der Waals surface area contributed by atoms with Crippen molar-refractivity contribution < 1.29 is 8.42 Å². The van der Waals surface area contributed by atoms with Crippen molar-refractivity contribution in [3.05, 3.63) is 79.2 Å². The van der Waals surface area contributed by atoms with Crippen LogP contribution in [0.15, 0.2) is 78.9 Å². The molecule has 144 valence electrons. The minimum atomic E-state index is -3.52. The zero-order valence-electron chi connectivity index (χ0n) is 15.0. The van der Waals surface area contributed by atoms with Gasteiger partial charge in [0.25, 0.3) is 0 Å². The van der Waals surface area contributed by atoms with Gasteiger partial charge in [-0.2, -0.15) is 0 Å². The molecule has 0 unspecified atom stereocenters. The van der Waals surface area contributed by atoms with E-state index in [0.717, 1.165) is 19.6 Å². The molecule has 27 heavy (non-hydrogen) atoms. The predicted octanol–water partition coefficient (Wildman–Crippen LogP) is 7.80. The number of sulfone groups is 1. The van der Waals surface area contributed by atoms with Gasteiger partial charge in [-0.25, -0.2) is 8.42 Å². The van der Waals surface area contributed by atoms with Crippen LogP contribution in [-0.2, 0) is 9.84 Å². The Kier molecular flexibility index (Phi) is 8.83. The highest BCUT2D eigenvalue weighted by molar-refractivity contribution is 8.06. The van der Waals surface area contributed by atoms with E-state index in [-0.39, 0.29) is 0 Å². The molecule has 0 aliphatic heterocycles. The van der Waals surface area contributed by atoms with Gasteiger partial charge in [0.2, 0.25) is 0 Å². The largest absolute Gasteiger partial charge is 0.220 e. The van der Waals surface area contributed by atoms with E-state index in [1.807, 2.05) is 50.2 Å². The van der Waals surface area contributed by atoms with Crippen LogP contribution in [0.2, 0.25) is 10.0 Å². The molecule has 2 aromatic carbocycles. The third-order valence-corrected chi connectivity index (χ3v) is 8.34. The number of benzene rings is 2. The number of rotatable bonds is 8. The number of thioether (sulfide) groups is 2. The van der Waals surface area contributed by atoms with Gasteiger partial charge in [0.05, 0.1) is 10.0 Å². The maximum atomic E-state index is 12.7. The van der Waals surface area contributed by atoms with Crippen LogP contribution in [0.1, 0.15) is 26.7 Å². The Morgan fingerprint density at radius 1 is 0.815 bits per heavy atom. The molecule has 2 aromatic rings. The van der Waals surface area contributed by atoms with Crippen molar-refractivity contribution in [2.45, 2.75) is 36.5 Å². The third-order valence-electron chi connectivity index (χ3n) is 3.44. The smallest absolute Gasteiger partial charge is 0.194 e. The molecule has 0 amide bonds. The fourth-order valence-corrected chi connectivity index (χ4v) is 6.40. The van der Waals surface area contributed by atoms with Gasteiger partial charge in [-0.05, 0) is 37.1 Å². The Balaban J connectivity index is 2.25. The van der Waals surface area contributed by atoms with Crippen molar-refractivity contribution in [3.63, 3.8) is 0 Å². The predicted molar refractivity (Wildman–Crippen MR) is 120 cm³/mol. The molecule has 0 aliphatic rings. The van der Waals surface area contributed by atoms with Gasteiger partial charge in [-0.3, -0.25) is 0 Å². The van der Waals surface area contributed by atoms with Crippen LogP contribution in [-0.4, -0.2) is 8.42 Å². The number of hydrogen-bond acceptors (Lipinski definition) is 4. The summed E-state index contributed by atoms with van der Waals surface area (Å²) in [4.78, 5) is 3.15. The highest BCUT2D eigenvalue weighted by Crippen LogP contribution is 2.36. The molecule has 7 heteroatoms. The topological polar surface area (TPSA) is 34.1 Å². The zero-order chi connectivity index (χ0) is 19.9. The maximum absolute atomic E-state index is 12.7. The number of halogens is 2. The van der Waals surface area contributed by atoms with Gasteiger partial charge >= 0.3 is 0 Å². The van der Waals surface area contributed by atoms with Crippen LogP contribution < -0.4 is 0 Å². The minimum absolute atomic E-state index is 0.599. The van der Waals surface area contributed by atoms with E-state index >= 15 is 0 Å². The Bertz CT molecular complexity index is 880. The molecule has 0 heterocycles. The summed E-state index contributed by atoms with van der Waals surface area (Å²) in [5.41, 5.74) is 0. The van der Waals surface area contributed by atoms with E-state index in [4.69, 9.17) is 23.2 Å². The summed E-state index contributed by atoms with van der Waals surface area (Å²) < 4.78 is 25.3. The molecular formula is C20H20Cl2O2S3. The van der Waals surface area contributed by atoms with Gasteiger partial charge in [0, 0.05) is 30.4 Å². The Hall–Kier alpha value is -0.850. The lowest BCUT2D eigenvalue weighted by Gasteiger charge is -2.08. The first kappa shape index (κ1) is 22.4. The molecule has 0 saturated heterocycles. The second-order valence-corrected chi connectivity index (χ2v) is 10.3. The Morgan fingerprint density at radius 2 is 1.19 bits per heavy atom. The van der Waals surface area contributed by atoms with Crippen LogP contribution in [0.4, 0.5) is 0 Å². The number of allylic oxidation sites excluding steroid dienone is 2. The fourth-order valence-electron chi connectivity index (χ4n) is 2.10. The van der Waals surface area contributed by atoms with E-state index in [0.29, 0.717) is 22.9 Å². The molecule has 0 saturated carbocycles. The van der Waals surface area contributed by atoms with E-state index in [9.17, 15) is 8.42 Å². The molecule has 0 spiro atoms. The molecule has 0 radical (unpaired) electrons. The summed E-state index contributed by atoms with van der Waals surface area (Å²) in [6, 6.07) is 14.8. The lowest BCUT2D eigenvalue weighted by Crippen LogP contribution is -1.93. The summed E-state index contributed by atoms with van der Waals surface area (Å²) in [6.45, 7) is 3.85. The lowest BCUT2D eigenvalue weighted by molar-refractivity contribution is 0.612. The molecule has 0 atom stereocenters. The summed E-state index contributed by atoms with van der Waals surface area (Å²) in [7, 11) is -3.52. The maximum Gasteiger partial charge on any atom is 0.194 e. The normalized spacial score (nSPS) is 13.0. The highest BCUT2D eigenvalue weighted by atomic mass is 35.5. The van der Waals surface area contributed by atoms with Gasteiger partial charge in [-0.15, -0.1) is 0 Å². The third kappa shape index (κ3) is 7.24. The fraction of sp³-hybridized carbons (Fsp3) is 0.200. The molecule has 0 aromatic heterocycles. The summed E-state index contributed by atoms with van der Waals surface area (Å²) >= 11 is 15.1. The van der Waals surface area contributed by atoms with E-state index in [1.54, 1.807) is 12.1 Å². The van der Waals surface area contributed by atoms with Crippen LogP contribution in [0.5, 0.6) is 0 Å². The highest BCUT2D eigenvalue weighted by Gasteiger charge is 2.12. The van der Waals surface area contributed by atoms with E-state index in [2.05, 4.69) is 0 Å². The van der Waals surface area contributed by atoms with E-state index in [1.165, 1.54) is 34.3 Å². The van der Waals surface area contributed by atoms with Gasteiger partial charge < -0.3 is 0 Å². The van der Waals surface area contributed by atoms with Crippen LogP contribution >= 0.6 is 46.7 Å². The van der Waals surface area contributed by atoms with Crippen molar-refractivity contribution >= 4 is 56.6 Å². The Morgan fingerprint density at radius 3 is 1.52 bits per heavy atom. The van der Waals surface area contributed by atoms with Crippen LogP contribution in [0.25, 0.3) is 0 Å². The molecule has 0 aliphatic carbocycles. The van der Waals surface area contributed by atoms with Crippen LogP contribution in [0.3, 0.4) is 0 Å². The monoisotopic (exact) mass is 458 g/mol. The second kappa shape index (κ2) is 10.6. The SMILES string of the molecule is CCC(=CS(=O)(=O)C=C(CC)Sc1ccccc1Cl)Sc1ccccc1Cl. The van der Waals surface area contributed by atoms with Crippen molar-refractivity contribution in [3.8, 4) is 0 Å². The first-order chi connectivity index (χ1) is 12.8. The molecule has 0 fully saturated rings. The molecule has 2 nitrogen and oxygen atoms in total. The molecular weight excluding hydrogens is 439 g/mol. The van der Waals surface area contributed by atoms with Crippen molar-refractivity contribution in [2.75, 3.05) is 0 Å². The summed E-state index contributed by atoms with van der Waals surface area (Å²) in [5.74, 6) is 0. The molecule has 2 rings (SSSR count). The molecule has 0 N–H and O–H groups in total. The average Bonchev–Trinajstić information content (AvgIpc) is 2.63. The first-order valence-electron chi connectivity index (χ1n) is 8.35. The summed E-state index contributed by atoms with van der Waals surface area (Å²) in [5, 5.41) is 3.87. The van der Waals surface area contributed by atoms with Crippen molar-refractivity contribution in [1.29, 1.82) is 0 Å².